The van der Waals surface area contributed by atoms with Gasteiger partial charge in [0.2, 0.25) is 0 Å². The van der Waals surface area contributed by atoms with E-state index >= 15 is 0 Å². The van der Waals surface area contributed by atoms with Crippen molar-refractivity contribution < 1.29 is 9.18 Å². The second kappa shape index (κ2) is 7.19. The van der Waals surface area contributed by atoms with Crippen molar-refractivity contribution in [1.82, 2.24) is 4.90 Å². The molecule has 94 valence electrons. The van der Waals surface area contributed by atoms with Crippen molar-refractivity contribution in [2.75, 3.05) is 24.8 Å². The Balaban J connectivity index is 2.92. The van der Waals surface area contributed by atoms with Gasteiger partial charge in [-0.2, -0.15) is 0 Å². The number of alkyl halides is 2. The minimum atomic E-state index is -0.459. The van der Waals surface area contributed by atoms with Crippen LogP contribution in [0, 0.1) is 5.82 Å². The highest BCUT2D eigenvalue weighted by atomic mass is 79.9. The minimum Gasteiger partial charge on any atom is -0.336 e. The lowest BCUT2D eigenvalue weighted by molar-refractivity contribution is 0.0774. The molecule has 0 saturated carbocycles. The first-order chi connectivity index (χ1) is 8.08. The molecule has 0 spiro atoms. The van der Waals surface area contributed by atoms with Gasteiger partial charge in [0.1, 0.15) is 5.82 Å². The molecule has 0 aliphatic carbocycles. The average molecular weight is 343 g/mol. The molecule has 1 aromatic carbocycles. The Hall–Kier alpha value is -0.320. The topological polar surface area (TPSA) is 20.3 Å². The first kappa shape index (κ1) is 14.7. The van der Waals surface area contributed by atoms with Crippen LogP contribution >= 0.6 is 39.1 Å². The number of hydrogen-bond donors (Lipinski definition) is 0. The van der Waals surface area contributed by atoms with Gasteiger partial charge in [-0.05, 0) is 18.2 Å². The van der Waals surface area contributed by atoms with Crippen LogP contribution in [0.4, 0.5) is 4.39 Å². The third-order valence-electron chi connectivity index (χ3n) is 2.11. The van der Waals surface area contributed by atoms with Gasteiger partial charge in [0, 0.05) is 34.9 Å². The van der Waals surface area contributed by atoms with Gasteiger partial charge in [0.15, 0.2) is 0 Å². The summed E-state index contributed by atoms with van der Waals surface area (Å²) in [5, 5.41) is 0. The Kier molecular flexibility index (Phi) is 6.23. The molecular weight excluding hydrogens is 332 g/mol. The molecule has 2 nitrogen and oxygen atoms in total. The summed E-state index contributed by atoms with van der Waals surface area (Å²) in [5.74, 6) is -0.0935. The van der Waals surface area contributed by atoms with Crippen LogP contribution in [0.5, 0.6) is 0 Å². The summed E-state index contributed by atoms with van der Waals surface area (Å²) in [6.45, 7) is 0.780. The second-order valence-corrected chi connectivity index (χ2v) is 5.00. The molecule has 6 heteroatoms. The van der Waals surface area contributed by atoms with E-state index in [0.717, 1.165) is 0 Å². The van der Waals surface area contributed by atoms with Gasteiger partial charge < -0.3 is 4.90 Å². The number of carbonyl (C=O) groups excluding carboxylic acids is 1. The quantitative estimate of drug-likeness (QED) is 0.750. The van der Waals surface area contributed by atoms with E-state index in [1.807, 2.05) is 0 Å². The monoisotopic (exact) mass is 341 g/mol. The molecule has 0 radical (unpaired) electrons. The third-order valence-corrected chi connectivity index (χ3v) is 2.90. The first-order valence-corrected chi connectivity index (χ1v) is 6.82. The highest BCUT2D eigenvalue weighted by Crippen LogP contribution is 2.16. The average Bonchev–Trinajstić information content (AvgIpc) is 2.26. The van der Waals surface area contributed by atoms with Gasteiger partial charge in [-0.15, -0.1) is 23.2 Å². The zero-order valence-electron chi connectivity index (χ0n) is 8.93. The molecule has 17 heavy (non-hydrogen) atoms. The molecule has 1 amide bonds. The largest absolute Gasteiger partial charge is 0.336 e. The molecule has 0 fully saturated rings. The standard InChI is InChI=1S/C11H11BrCl2FNO/c12-9-5-8(6-10(15)7-9)11(17)16(3-1-13)4-2-14/h5-7H,1-4H2. The van der Waals surface area contributed by atoms with Crippen LogP contribution in [0.15, 0.2) is 22.7 Å². The van der Waals surface area contributed by atoms with Crippen molar-refractivity contribution in [1.29, 1.82) is 0 Å². The number of rotatable bonds is 5. The molecule has 1 rings (SSSR count). The summed E-state index contributed by atoms with van der Waals surface area (Å²) in [4.78, 5) is 13.6. The van der Waals surface area contributed by atoms with Crippen LogP contribution in [-0.2, 0) is 0 Å². The summed E-state index contributed by atoms with van der Waals surface area (Å²) < 4.78 is 13.7. The van der Waals surface area contributed by atoms with Gasteiger partial charge in [0.05, 0.1) is 0 Å². The maximum absolute atomic E-state index is 13.2. The summed E-state index contributed by atoms with van der Waals surface area (Å²) in [6, 6.07) is 4.06. The number of halogens is 4. The lowest BCUT2D eigenvalue weighted by Gasteiger charge is -2.20. The van der Waals surface area contributed by atoms with Crippen molar-refractivity contribution in [3.05, 3.63) is 34.1 Å². The van der Waals surface area contributed by atoms with E-state index in [-0.39, 0.29) is 11.5 Å². The lowest BCUT2D eigenvalue weighted by atomic mass is 10.2. The van der Waals surface area contributed by atoms with Crippen LogP contribution in [-0.4, -0.2) is 35.7 Å². The number of nitrogens with zero attached hydrogens (tertiary/aromatic N) is 1. The Morgan fingerprint density at radius 2 is 1.82 bits per heavy atom. The van der Waals surface area contributed by atoms with Crippen molar-refractivity contribution in [2.24, 2.45) is 0 Å². The maximum atomic E-state index is 13.2. The fourth-order valence-corrected chi connectivity index (χ4v) is 2.25. The second-order valence-electron chi connectivity index (χ2n) is 3.33. The zero-order valence-corrected chi connectivity index (χ0v) is 12.0. The van der Waals surface area contributed by atoms with Crippen LogP contribution in [0.2, 0.25) is 0 Å². The number of amides is 1. The molecule has 0 aromatic heterocycles. The predicted molar refractivity (Wildman–Crippen MR) is 71.4 cm³/mol. The molecule has 0 aliphatic heterocycles. The van der Waals surface area contributed by atoms with E-state index in [0.29, 0.717) is 29.3 Å². The normalized spacial score (nSPS) is 10.4. The number of benzene rings is 1. The van der Waals surface area contributed by atoms with Crippen molar-refractivity contribution in [3.8, 4) is 0 Å². The summed E-state index contributed by atoms with van der Waals surface area (Å²) >= 11 is 14.4. The van der Waals surface area contributed by atoms with Crippen LogP contribution < -0.4 is 0 Å². The van der Waals surface area contributed by atoms with Crippen LogP contribution in [0.1, 0.15) is 10.4 Å². The molecule has 0 bridgehead atoms. The Labute approximate surface area is 118 Å². The Morgan fingerprint density at radius 3 is 2.29 bits per heavy atom. The van der Waals surface area contributed by atoms with Crippen molar-refractivity contribution in [2.45, 2.75) is 0 Å². The van der Waals surface area contributed by atoms with Crippen LogP contribution in [0.25, 0.3) is 0 Å². The van der Waals surface area contributed by atoms with E-state index in [1.54, 1.807) is 6.07 Å². The molecule has 0 saturated heterocycles. The summed E-state index contributed by atoms with van der Waals surface area (Å²) in [6.07, 6.45) is 0. The van der Waals surface area contributed by atoms with Gasteiger partial charge in [-0.3, -0.25) is 4.79 Å². The number of hydrogen-bond acceptors (Lipinski definition) is 1. The SMILES string of the molecule is O=C(c1cc(F)cc(Br)c1)N(CCCl)CCCl. The van der Waals surface area contributed by atoms with E-state index in [1.165, 1.54) is 17.0 Å². The van der Waals surface area contributed by atoms with E-state index in [4.69, 9.17) is 23.2 Å². The Morgan fingerprint density at radius 1 is 1.24 bits per heavy atom. The highest BCUT2D eigenvalue weighted by molar-refractivity contribution is 9.10. The fourth-order valence-electron chi connectivity index (χ4n) is 1.38. The molecule has 1 aromatic rings. The van der Waals surface area contributed by atoms with E-state index in [9.17, 15) is 9.18 Å². The Bertz CT molecular complexity index is 377. The summed E-state index contributed by atoms with van der Waals surface area (Å²) in [5.41, 5.74) is 0.284. The highest BCUT2D eigenvalue weighted by Gasteiger charge is 2.15. The number of carbonyl (C=O) groups is 1. The van der Waals surface area contributed by atoms with Gasteiger partial charge in [-0.25, -0.2) is 4.39 Å². The smallest absolute Gasteiger partial charge is 0.254 e. The minimum absolute atomic E-state index is 0.272. The van der Waals surface area contributed by atoms with Gasteiger partial charge in [0.25, 0.3) is 5.91 Å². The van der Waals surface area contributed by atoms with Crippen LogP contribution in [0.3, 0.4) is 0 Å². The maximum Gasteiger partial charge on any atom is 0.254 e. The molecule has 0 atom stereocenters. The molecule has 0 aliphatic rings. The molecule has 0 heterocycles. The van der Waals surface area contributed by atoms with Gasteiger partial charge in [-0.1, -0.05) is 15.9 Å². The van der Waals surface area contributed by atoms with Gasteiger partial charge >= 0.3 is 0 Å². The van der Waals surface area contributed by atoms with Crippen molar-refractivity contribution >= 4 is 45.0 Å². The predicted octanol–water partition coefficient (Wildman–Crippen LogP) is 3.51. The summed E-state index contributed by atoms with van der Waals surface area (Å²) in [7, 11) is 0. The third kappa shape index (κ3) is 4.45. The molecule has 0 unspecified atom stereocenters. The van der Waals surface area contributed by atoms with E-state index in [2.05, 4.69) is 15.9 Å². The fraction of sp³-hybridized carbons (Fsp3) is 0.364. The van der Waals surface area contributed by atoms with Crippen molar-refractivity contribution in [3.63, 3.8) is 0 Å². The van der Waals surface area contributed by atoms with E-state index < -0.39 is 5.82 Å². The first-order valence-electron chi connectivity index (χ1n) is 4.95. The molecular formula is C11H11BrCl2FNO. The lowest BCUT2D eigenvalue weighted by Crippen LogP contribution is -2.34. The molecule has 0 N–H and O–H groups in total. The zero-order chi connectivity index (χ0) is 12.8.